The Morgan fingerprint density at radius 3 is 2.35 bits per heavy atom. The first-order chi connectivity index (χ1) is 8.04. The summed E-state index contributed by atoms with van der Waals surface area (Å²) < 4.78 is 10.4. The Bertz CT molecular complexity index is 390. The van der Waals surface area contributed by atoms with Crippen molar-refractivity contribution in [3.8, 4) is 5.75 Å². The molecule has 1 aromatic rings. The minimum atomic E-state index is -0.384. The van der Waals surface area contributed by atoms with Crippen molar-refractivity contribution in [2.24, 2.45) is 0 Å². The van der Waals surface area contributed by atoms with E-state index in [-0.39, 0.29) is 12.1 Å². The fourth-order valence-electron chi connectivity index (χ4n) is 1.34. The number of ether oxygens (including phenoxy) is 2. The summed E-state index contributed by atoms with van der Waals surface area (Å²) in [6, 6.07) is 7.24. The Balaban J connectivity index is 2.73. The molecular weight excluding hydrogens is 216 g/mol. The molecule has 0 atom stereocenters. The molecule has 0 amide bonds. The van der Waals surface area contributed by atoms with Crippen molar-refractivity contribution in [2.45, 2.75) is 26.9 Å². The normalized spacial score (nSPS) is 10.1. The Morgan fingerprint density at radius 1 is 1.29 bits per heavy atom. The molecule has 0 unspecified atom stereocenters. The van der Waals surface area contributed by atoms with Crippen molar-refractivity contribution in [3.05, 3.63) is 36.4 Å². The molecule has 1 rings (SSSR count). The van der Waals surface area contributed by atoms with Gasteiger partial charge >= 0.3 is 5.97 Å². The van der Waals surface area contributed by atoms with Crippen LogP contribution in [0.2, 0.25) is 0 Å². The molecule has 0 fully saturated rings. The van der Waals surface area contributed by atoms with Crippen LogP contribution in [0.5, 0.6) is 5.75 Å². The second-order valence-corrected chi connectivity index (χ2v) is 3.89. The van der Waals surface area contributed by atoms with Gasteiger partial charge in [0.25, 0.3) is 0 Å². The molecule has 17 heavy (non-hydrogen) atoms. The van der Waals surface area contributed by atoms with Gasteiger partial charge in [-0.1, -0.05) is 18.7 Å². The quantitative estimate of drug-likeness (QED) is 0.580. The standard InChI is InChI=1S/C14H18O3/c1-5-16-14(15)11(4)12-6-8-13(9-7-12)17-10(2)3/h6-10H,4-5H2,1-3H3. The molecule has 0 saturated carbocycles. The fraction of sp³-hybridized carbons (Fsp3) is 0.357. The predicted molar refractivity (Wildman–Crippen MR) is 67.9 cm³/mol. The third kappa shape index (κ3) is 3.94. The molecule has 0 aliphatic heterocycles. The van der Waals surface area contributed by atoms with Gasteiger partial charge in [-0.15, -0.1) is 0 Å². The van der Waals surface area contributed by atoms with E-state index in [0.717, 1.165) is 11.3 Å². The molecule has 0 bridgehead atoms. The Morgan fingerprint density at radius 2 is 1.88 bits per heavy atom. The first kappa shape index (κ1) is 13.3. The summed E-state index contributed by atoms with van der Waals surface area (Å²) in [7, 11) is 0. The van der Waals surface area contributed by atoms with Gasteiger partial charge in [0.2, 0.25) is 0 Å². The van der Waals surface area contributed by atoms with E-state index >= 15 is 0 Å². The van der Waals surface area contributed by atoms with E-state index in [1.807, 2.05) is 26.0 Å². The largest absolute Gasteiger partial charge is 0.491 e. The summed E-state index contributed by atoms with van der Waals surface area (Å²) in [6.45, 7) is 9.77. The molecule has 0 spiro atoms. The first-order valence-electron chi connectivity index (χ1n) is 5.67. The number of carbonyl (C=O) groups excluding carboxylic acids is 1. The maximum Gasteiger partial charge on any atom is 0.338 e. The monoisotopic (exact) mass is 234 g/mol. The number of hydrogen-bond donors (Lipinski definition) is 0. The highest BCUT2D eigenvalue weighted by Gasteiger charge is 2.10. The highest BCUT2D eigenvalue weighted by atomic mass is 16.5. The minimum absolute atomic E-state index is 0.133. The SMILES string of the molecule is C=C(C(=O)OCC)c1ccc(OC(C)C)cc1. The third-order valence-corrected chi connectivity index (χ3v) is 2.10. The van der Waals surface area contributed by atoms with Crippen molar-refractivity contribution in [3.63, 3.8) is 0 Å². The van der Waals surface area contributed by atoms with Gasteiger partial charge in [0.1, 0.15) is 5.75 Å². The summed E-state index contributed by atoms with van der Waals surface area (Å²) in [5.74, 6) is 0.394. The summed E-state index contributed by atoms with van der Waals surface area (Å²) in [4.78, 5) is 11.5. The lowest BCUT2D eigenvalue weighted by Crippen LogP contribution is -2.07. The average Bonchev–Trinajstić information content (AvgIpc) is 2.28. The van der Waals surface area contributed by atoms with Crippen LogP contribution >= 0.6 is 0 Å². The van der Waals surface area contributed by atoms with Crippen LogP contribution in [-0.4, -0.2) is 18.7 Å². The van der Waals surface area contributed by atoms with Gasteiger partial charge in [-0.3, -0.25) is 0 Å². The maximum atomic E-state index is 11.5. The molecule has 0 saturated heterocycles. The molecule has 0 aromatic heterocycles. The van der Waals surface area contributed by atoms with Crippen molar-refractivity contribution < 1.29 is 14.3 Å². The smallest absolute Gasteiger partial charge is 0.338 e. The van der Waals surface area contributed by atoms with E-state index in [1.54, 1.807) is 19.1 Å². The Kier molecular flexibility index (Phi) is 4.76. The van der Waals surface area contributed by atoms with Gasteiger partial charge in [0.05, 0.1) is 18.3 Å². The molecule has 3 nitrogen and oxygen atoms in total. The van der Waals surface area contributed by atoms with Gasteiger partial charge < -0.3 is 9.47 Å². The number of esters is 1. The molecule has 0 heterocycles. The van der Waals surface area contributed by atoms with E-state index in [0.29, 0.717) is 12.2 Å². The Labute approximate surface area is 102 Å². The molecule has 92 valence electrons. The molecule has 1 aromatic carbocycles. The lowest BCUT2D eigenvalue weighted by molar-refractivity contribution is -0.136. The van der Waals surface area contributed by atoms with E-state index in [2.05, 4.69) is 6.58 Å². The van der Waals surface area contributed by atoms with Crippen LogP contribution in [0.3, 0.4) is 0 Å². The van der Waals surface area contributed by atoms with E-state index in [1.165, 1.54) is 0 Å². The zero-order valence-corrected chi connectivity index (χ0v) is 10.5. The second kappa shape index (κ2) is 6.09. The zero-order chi connectivity index (χ0) is 12.8. The van der Waals surface area contributed by atoms with Gasteiger partial charge in [0.15, 0.2) is 0 Å². The van der Waals surface area contributed by atoms with Crippen LogP contribution in [0, 0.1) is 0 Å². The van der Waals surface area contributed by atoms with Crippen LogP contribution < -0.4 is 4.74 Å². The van der Waals surface area contributed by atoms with Crippen molar-refractivity contribution in [1.29, 1.82) is 0 Å². The Hall–Kier alpha value is -1.77. The van der Waals surface area contributed by atoms with Crippen LogP contribution in [0.25, 0.3) is 5.57 Å². The number of benzene rings is 1. The summed E-state index contributed by atoms with van der Waals surface area (Å²) in [6.07, 6.45) is 0.133. The lowest BCUT2D eigenvalue weighted by atomic mass is 10.1. The van der Waals surface area contributed by atoms with Crippen LogP contribution in [-0.2, 0) is 9.53 Å². The van der Waals surface area contributed by atoms with Crippen molar-refractivity contribution >= 4 is 11.5 Å². The molecule has 3 heteroatoms. The van der Waals surface area contributed by atoms with Crippen molar-refractivity contribution in [1.82, 2.24) is 0 Å². The molecule has 0 aliphatic carbocycles. The molecule has 0 N–H and O–H groups in total. The van der Waals surface area contributed by atoms with Gasteiger partial charge in [-0.05, 0) is 38.5 Å². The number of hydrogen-bond acceptors (Lipinski definition) is 3. The predicted octanol–water partition coefficient (Wildman–Crippen LogP) is 3.05. The summed E-state index contributed by atoms with van der Waals surface area (Å²) in [5.41, 5.74) is 1.11. The topological polar surface area (TPSA) is 35.5 Å². The van der Waals surface area contributed by atoms with Gasteiger partial charge in [-0.2, -0.15) is 0 Å². The summed E-state index contributed by atoms with van der Waals surface area (Å²) >= 11 is 0. The van der Waals surface area contributed by atoms with E-state index < -0.39 is 0 Å². The van der Waals surface area contributed by atoms with Crippen LogP contribution in [0.1, 0.15) is 26.3 Å². The minimum Gasteiger partial charge on any atom is -0.491 e. The zero-order valence-electron chi connectivity index (χ0n) is 10.5. The molecular formula is C14H18O3. The van der Waals surface area contributed by atoms with E-state index in [9.17, 15) is 4.79 Å². The maximum absolute atomic E-state index is 11.5. The first-order valence-corrected chi connectivity index (χ1v) is 5.67. The van der Waals surface area contributed by atoms with Gasteiger partial charge in [-0.25, -0.2) is 4.79 Å². The van der Waals surface area contributed by atoms with E-state index in [4.69, 9.17) is 9.47 Å². The van der Waals surface area contributed by atoms with Crippen LogP contribution in [0.15, 0.2) is 30.8 Å². The van der Waals surface area contributed by atoms with Crippen molar-refractivity contribution in [2.75, 3.05) is 6.61 Å². The summed E-state index contributed by atoms with van der Waals surface area (Å²) in [5, 5.41) is 0. The lowest BCUT2D eigenvalue weighted by Gasteiger charge is -2.10. The average molecular weight is 234 g/mol. The second-order valence-electron chi connectivity index (χ2n) is 3.89. The highest BCUT2D eigenvalue weighted by molar-refractivity contribution is 6.15. The highest BCUT2D eigenvalue weighted by Crippen LogP contribution is 2.19. The van der Waals surface area contributed by atoms with Gasteiger partial charge in [0, 0.05) is 0 Å². The fourth-order valence-corrected chi connectivity index (χ4v) is 1.34. The number of carbonyl (C=O) groups is 1. The third-order valence-electron chi connectivity index (χ3n) is 2.10. The number of rotatable bonds is 5. The van der Waals surface area contributed by atoms with Crippen LogP contribution in [0.4, 0.5) is 0 Å². The molecule has 0 aliphatic rings. The molecule has 0 radical (unpaired) electrons.